The zero-order chi connectivity index (χ0) is 10.6. The zero-order valence-electron chi connectivity index (χ0n) is 8.69. The van der Waals surface area contributed by atoms with Gasteiger partial charge >= 0.3 is 0 Å². The van der Waals surface area contributed by atoms with Crippen LogP contribution in [0.3, 0.4) is 0 Å². The number of hydrogen-bond donors (Lipinski definition) is 1. The Labute approximate surface area is 85.5 Å². The van der Waals surface area contributed by atoms with Crippen LogP contribution in [0.2, 0.25) is 0 Å². The highest BCUT2D eigenvalue weighted by atomic mass is 32.2. The van der Waals surface area contributed by atoms with Crippen molar-refractivity contribution in [2.45, 2.75) is 13.0 Å². The van der Waals surface area contributed by atoms with Crippen LogP contribution in [0.15, 0.2) is 0 Å². The molecule has 6 heteroatoms. The van der Waals surface area contributed by atoms with E-state index in [1.807, 2.05) is 7.05 Å². The molecule has 1 aliphatic heterocycles. The molecular weight excluding hydrogens is 204 g/mol. The minimum Gasteiger partial charge on any atom is -0.374 e. The van der Waals surface area contributed by atoms with Crippen LogP contribution >= 0.6 is 0 Å². The van der Waals surface area contributed by atoms with Gasteiger partial charge in [-0.1, -0.05) is 0 Å². The molecule has 0 saturated carbocycles. The van der Waals surface area contributed by atoms with E-state index in [0.717, 1.165) is 0 Å². The molecule has 1 atom stereocenters. The monoisotopic (exact) mass is 222 g/mol. The summed E-state index contributed by atoms with van der Waals surface area (Å²) < 4.78 is 30.0. The Hall–Kier alpha value is -0.170. The fourth-order valence-corrected chi connectivity index (χ4v) is 2.59. The van der Waals surface area contributed by atoms with Crippen LogP contribution in [-0.4, -0.2) is 57.9 Å². The van der Waals surface area contributed by atoms with Crippen molar-refractivity contribution in [3.63, 3.8) is 0 Å². The predicted octanol–water partition coefficient (Wildman–Crippen LogP) is -0.744. The molecule has 0 aromatic carbocycles. The van der Waals surface area contributed by atoms with Gasteiger partial charge in [-0.3, -0.25) is 0 Å². The maximum Gasteiger partial charge on any atom is 0.213 e. The lowest BCUT2D eigenvalue weighted by atomic mass is 10.3. The normalized spacial score (nSPS) is 25.1. The number of nitrogens with zero attached hydrogens (tertiary/aromatic N) is 1. The van der Waals surface area contributed by atoms with Crippen molar-refractivity contribution in [2.75, 3.05) is 39.0 Å². The molecule has 1 N–H and O–H groups in total. The number of hydrogen-bond acceptors (Lipinski definition) is 4. The Morgan fingerprint density at radius 3 is 2.86 bits per heavy atom. The van der Waals surface area contributed by atoms with Crippen LogP contribution in [0, 0.1) is 0 Å². The molecule has 0 amide bonds. The molecule has 0 spiro atoms. The minimum atomic E-state index is -3.05. The first-order valence-corrected chi connectivity index (χ1v) is 6.45. The van der Waals surface area contributed by atoms with Crippen LogP contribution in [-0.2, 0) is 14.8 Å². The summed E-state index contributed by atoms with van der Waals surface area (Å²) in [5, 5.41) is 2.98. The Kier molecular flexibility index (Phi) is 4.31. The largest absolute Gasteiger partial charge is 0.374 e. The topological polar surface area (TPSA) is 58.6 Å². The summed E-state index contributed by atoms with van der Waals surface area (Å²) in [6.45, 7) is 3.80. The Morgan fingerprint density at radius 2 is 2.29 bits per heavy atom. The molecule has 0 bridgehead atoms. The second kappa shape index (κ2) is 5.06. The fourth-order valence-electron chi connectivity index (χ4n) is 1.48. The molecule has 0 radical (unpaired) electrons. The summed E-state index contributed by atoms with van der Waals surface area (Å²) >= 11 is 0. The van der Waals surface area contributed by atoms with Gasteiger partial charge < -0.3 is 10.1 Å². The minimum absolute atomic E-state index is 0.0184. The van der Waals surface area contributed by atoms with E-state index in [1.165, 1.54) is 4.31 Å². The van der Waals surface area contributed by atoms with Crippen molar-refractivity contribution < 1.29 is 13.2 Å². The van der Waals surface area contributed by atoms with E-state index < -0.39 is 10.0 Å². The van der Waals surface area contributed by atoms with Gasteiger partial charge in [0.1, 0.15) is 0 Å². The Balaban J connectivity index is 2.56. The first-order valence-electron chi connectivity index (χ1n) is 4.84. The molecule has 1 fully saturated rings. The maximum absolute atomic E-state index is 11.6. The highest BCUT2D eigenvalue weighted by Crippen LogP contribution is 2.09. The van der Waals surface area contributed by atoms with E-state index in [4.69, 9.17) is 4.74 Å². The average molecular weight is 222 g/mol. The summed E-state index contributed by atoms with van der Waals surface area (Å²) in [5.74, 6) is 0.166. The van der Waals surface area contributed by atoms with Gasteiger partial charge in [0.15, 0.2) is 0 Å². The van der Waals surface area contributed by atoms with E-state index in [9.17, 15) is 8.42 Å². The number of morpholine rings is 1. The third-order valence-corrected chi connectivity index (χ3v) is 4.14. The van der Waals surface area contributed by atoms with Crippen molar-refractivity contribution in [1.29, 1.82) is 0 Å². The molecule has 84 valence electrons. The van der Waals surface area contributed by atoms with Gasteiger partial charge in [-0.15, -0.1) is 0 Å². The third-order valence-electron chi connectivity index (χ3n) is 2.29. The molecular formula is C8H18N2O3S. The summed E-state index contributed by atoms with van der Waals surface area (Å²) in [5.41, 5.74) is 0. The van der Waals surface area contributed by atoms with Crippen molar-refractivity contribution >= 4 is 10.0 Å². The molecule has 0 unspecified atom stereocenters. The molecule has 0 aliphatic carbocycles. The Morgan fingerprint density at radius 1 is 1.57 bits per heavy atom. The molecule has 0 aromatic heterocycles. The van der Waals surface area contributed by atoms with Gasteiger partial charge in [-0.05, 0) is 14.0 Å². The van der Waals surface area contributed by atoms with Gasteiger partial charge in [0.05, 0.1) is 18.5 Å². The zero-order valence-corrected chi connectivity index (χ0v) is 9.51. The summed E-state index contributed by atoms with van der Waals surface area (Å²) in [7, 11) is -1.22. The number of ether oxygens (including phenoxy) is 1. The molecule has 1 rings (SSSR count). The summed E-state index contributed by atoms with van der Waals surface area (Å²) in [6, 6.07) is 0. The lowest BCUT2D eigenvalue weighted by molar-refractivity contribution is 0.000877. The molecule has 14 heavy (non-hydrogen) atoms. The van der Waals surface area contributed by atoms with Crippen LogP contribution in [0.5, 0.6) is 0 Å². The van der Waals surface area contributed by atoms with E-state index >= 15 is 0 Å². The Bertz CT molecular complexity index is 264. The molecule has 0 aromatic rings. The van der Waals surface area contributed by atoms with E-state index in [-0.39, 0.29) is 11.9 Å². The van der Waals surface area contributed by atoms with Gasteiger partial charge in [0, 0.05) is 19.6 Å². The van der Waals surface area contributed by atoms with E-state index in [2.05, 4.69) is 5.32 Å². The average Bonchev–Trinajstić information content (AvgIpc) is 2.19. The molecule has 1 aliphatic rings. The summed E-state index contributed by atoms with van der Waals surface area (Å²) in [4.78, 5) is 0. The van der Waals surface area contributed by atoms with Crippen LogP contribution in [0.1, 0.15) is 6.92 Å². The first-order chi connectivity index (χ1) is 6.60. The summed E-state index contributed by atoms with van der Waals surface area (Å²) in [6.07, 6.45) is -0.0184. The van der Waals surface area contributed by atoms with E-state index in [0.29, 0.717) is 26.2 Å². The van der Waals surface area contributed by atoms with Crippen LogP contribution in [0.4, 0.5) is 0 Å². The van der Waals surface area contributed by atoms with E-state index in [1.54, 1.807) is 6.92 Å². The highest BCUT2D eigenvalue weighted by Gasteiger charge is 2.27. The second-order valence-corrected chi connectivity index (χ2v) is 5.57. The smallest absolute Gasteiger partial charge is 0.213 e. The van der Waals surface area contributed by atoms with Gasteiger partial charge in [-0.25, -0.2) is 8.42 Å². The number of rotatable bonds is 4. The molecule has 1 heterocycles. The van der Waals surface area contributed by atoms with Crippen LogP contribution < -0.4 is 5.32 Å². The standard InChI is InChI=1S/C8H18N2O3S/c1-3-14(11,12)10-4-5-13-8(7-10)6-9-2/h8-9H,3-7H2,1-2H3/t8-/m1/s1. The fraction of sp³-hybridized carbons (Fsp3) is 1.00. The molecule has 1 saturated heterocycles. The van der Waals surface area contributed by atoms with Crippen LogP contribution in [0.25, 0.3) is 0 Å². The van der Waals surface area contributed by atoms with Crippen molar-refractivity contribution in [3.05, 3.63) is 0 Å². The number of nitrogens with one attached hydrogen (secondary N) is 1. The van der Waals surface area contributed by atoms with Gasteiger partial charge in [0.2, 0.25) is 10.0 Å². The first kappa shape index (κ1) is 11.9. The predicted molar refractivity (Wildman–Crippen MR) is 54.7 cm³/mol. The SMILES string of the molecule is CCS(=O)(=O)N1CCO[C@H](CNC)C1. The lowest BCUT2D eigenvalue weighted by Crippen LogP contribution is -2.48. The van der Waals surface area contributed by atoms with Gasteiger partial charge in [0.25, 0.3) is 0 Å². The lowest BCUT2D eigenvalue weighted by Gasteiger charge is -2.31. The van der Waals surface area contributed by atoms with Crippen molar-refractivity contribution in [2.24, 2.45) is 0 Å². The second-order valence-electron chi connectivity index (χ2n) is 3.31. The number of likely N-dealkylation sites (N-methyl/N-ethyl adjacent to an activating group) is 1. The van der Waals surface area contributed by atoms with Crippen molar-refractivity contribution in [3.8, 4) is 0 Å². The number of sulfonamides is 1. The van der Waals surface area contributed by atoms with Gasteiger partial charge in [-0.2, -0.15) is 4.31 Å². The quantitative estimate of drug-likeness (QED) is 0.680. The third kappa shape index (κ3) is 2.91. The molecule has 5 nitrogen and oxygen atoms in total. The van der Waals surface area contributed by atoms with Crippen molar-refractivity contribution in [1.82, 2.24) is 9.62 Å². The maximum atomic E-state index is 11.6. The highest BCUT2D eigenvalue weighted by molar-refractivity contribution is 7.89.